The van der Waals surface area contributed by atoms with Gasteiger partial charge in [-0.3, -0.25) is 9.59 Å². The number of aliphatic hydroxyl groups is 4. The van der Waals surface area contributed by atoms with Crippen LogP contribution in [0.5, 0.6) is 11.5 Å². The molecule has 1 aromatic carbocycles. The van der Waals surface area contributed by atoms with Gasteiger partial charge in [-0.15, -0.1) is 8.78 Å². The maximum atomic E-state index is 13.6. The second kappa shape index (κ2) is 8.81. The number of carboxylic acids is 1. The number of carboxylic acid groups (broad SMARTS) is 1. The molecule has 2 aliphatic heterocycles. The average molecular weight is 460 g/mol. The third-order valence-electron chi connectivity index (χ3n) is 4.99. The number of ether oxygens (including phenoxy) is 3. The molecule has 1 saturated heterocycles. The van der Waals surface area contributed by atoms with Crippen LogP contribution in [-0.2, 0) is 14.3 Å². The van der Waals surface area contributed by atoms with Gasteiger partial charge < -0.3 is 45.1 Å². The van der Waals surface area contributed by atoms with Crippen molar-refractivity contribution in [1.82, 2.24) is 5.32 Å². The molecule has 6 N–H and O–H groups in total. The molecule has 0 spiro atoms. The number of rotatable bonds is 6. The van der Waals surface area contributed by atoms with Gasteiger partial charge in [0.05, 0.1) is 18.6 Å². The van der Waals surface area contributed by atoms with Crippen LogP contribution in [0.3, 0.4) is 0 Å². The molecule has 2 heterocycles. The number of carbonyl (C=O) groups excluding carboxylic acids is 1. The van der Waals surface area contributed by atoms with E-state index >= 15 is 0 Å². The largest absolute Gasteiger partial charge is 0.586 e. The fourth-order valence-corrected chi connectivity index (χ4v) is 3.43. The first kappa shape index (κ1) is 23.6. The number of aliphatic carboxylic acids is 1. The van der Waals surface area contributed by atoms with E-state index in [2.05, 4.69) is 14.8 Å². The van der Waals surface area contributed by atoms with Gasteiger partial charge in [-0.25, -0.2) is 0 Å². The summed E-state index contributed by atoms with van der Waals surface area (Å²) in [6, 6.07) is 4.73. The summed E-state index contributed by atoms with van der Waals surface area (Å²) in [5.41, 5.74) is -0.421. The maximum absolute atomic E-state index is 13.6. The summed E-state index contributed by atoms with van der Waals surface area (Å²) in [5, 5.41) is 59.8. The van der Waals surface area contributed by atoms with E-state index in [1.54, 1.807) is 0 Å². The second-order valence-corrected chi connectivity index (χ2v) is 7.02. The molecule has 2 unspecified atom stereocenters. The number of nitriles is 1. The van der Waals surface area contributed by atoms with Crippen LogP contribution in [0.1, 0.15) is 11.5 Å². The van der Waals surface area contributed by atoms with Crippen molar-refractivity contribution in [3.63, 3.8) is 0 Å². The van der Waals surface area contributed by atoms with Gasteiger partial charge in [0.1, 0.15) is 24.4 Å². The summed E-state index contributed by atoms with van der Waals surface area (Å²) >= 11 is 0. The van der Waals surface area contributed by atoms with Gasteiger partial charge >= 0.3 is 12.3 Å². The summed E-state index contributed by atoms with van der Waals surface area (Å²) in [7, 11) is 0. The van der Waals surface area contributed by atoms with Crippen molar-refractivity contribution < 1.29 is 58.1 Å². The number of nitrogens with one attached hydrogen (secondary N) is 1. The van der Waals surface area contributed by atoms with Crippen molar-refractivity contribution in [3.8, 4) is 17.6 Å². The third-order valence-corrected chi connectivity index (χ3v) is 4.99. The van der Waals surface area contributed by atoms with E-state index < -0.39 is 84.3 Å². The zero-order chi connectivity index (χ0) is 23.8. The van der Waals surface area contributed by atoms with Crippen LogP contribution in [0.2, 0.25) is 0 Å². The van der Waals surface area contributed by atoms with Gasteiger partial charge in [-0.2, -0.15) is 5.26 Å². The van der Waals surface area contributed by atoms with Crippen molar-refractivity contribution in [3.05, 3.63) is 23.8 Å². The summed E-state index contributed by atoms with van der Waals surface area (Å²) in [4.78, 5) is 24.6. The normalized spacial score (nSPS) is 30.1. The van der Waals surface area contributed by atoms with Gasteiger partial charge in [0.25, 0.3) is 0 Å². The average Bonchev–Trinajstić information content (AvgIpc) is 3.05. The zero-order valence-electron chi connectivity index (χ0n) is 16.0. The van der Waals surface area contributed by atoms with Crippen LogP contribution in [0.25, 0.3) is 0 Å². The lowest BCUT2D eigenvalue weighted by Crippen LogP contribution is -2.63. The topological polar surface area (TPSA) is 199 Å². The number of alkyl halides is 2. The second-order valence-electron chi connectivity index (χ2n) is 7.02. The predicted octanol–water partition coefficient (Wildman–Crippen LogP) is -1.77. The van der Waals surface area contributed by atoms with E-state index in [9.17, 15) is 49.2 Å². The van der Waals surface area contributed by atoms with Crippen LogP contribution in [0, 0.1) is 17.2 Å². The number of amides is 1. The molecule has 0 aliphatic carbocycles. The Labute approximate surface area is 178 Å². The van der Waals surface area contributed by atoms with E-state index in [4.69, 9.17) is 4.74 Å². The van der Waals surface area contributed by atoms with Crippen LogP contribution in [0.4, 0.5) is 8.78 Å². The number of benzene rings is 1. The van der Waals surface area contributed by atoms with Gasteiger partial charge in [-0.1, -0.05) is 12.1 Å². The number of fused-ring (bicyclic) bond motifs is 1. The lowest BCUT2D eigenvalue weighted by molar-refractivity contribution is -0.287. The molecule has 14 heteroatoms. The Hall–Kier alpha value is -3.09. The Morgan fingerprint density at radius 3 is 2.47 bits per heavy atom. The Morgan fingerprint density at radius 2 is 1.88 bits per heavy atom. The number of halogens is 2. The van der Waals surface area contributed by atoms with Gasteiger partial charge in [0, 0.05) is 5.56 Å². The predicted molar refractivity (Wildman–Crippen MR) is 94.0 cm³/mol. The fourth-order valence-electron chi connectivity index (χ4n) is 3.43. The fraction of sp³-hybridized carbons (Fsp3) is 0.500. The molecule has 0 aromatic heterocycles. The van der Waals surface area contributed by atoms with Gasteiger partial charge in [-0.05, 0) is 6.07 Å². The molecule has 12 nitrogen and oxygen atoms in total. The highest BCUT2D eigenvalue weighted by Crippen LogP contribution is 2.47. The quantitative estimate of drug-likeness (QED) is 0.281. The third kappa shape index (κ3) is 4.29. The van der Waals surface area contributed by atoms with Crippen LogP contribution in [-0.4, -0.2) is 81.0 Å². The van der Waals surface area contributed by atoms with Crippen molar-refractivity contribution in [2.24, 2.45) is 5.92 Å². The zero-order valence-corrected chi connectivity index (χ0v) is 16.0. The van der Waals surface area contributed by atoms with Crippen molar-refractivity contribution in [1.29, 1.82) is 5.26 Å². The van der Waals surface area contributed by atoms with Crippen LogP contribution < -0.4 is 14.8 Å². The standard InChI is InChI=1S/C18H18F2N2O10/c19-18(20)31-8-3-1-2-6(14(8)32-18)10(7(4-21)17(28)29)15(27)22-16-13(26)12(25)11(24)9(5-23)30-16/h1-3,7,9-13,16,23-26H,5H2,(H,22,27)(H,28,29)/t7?,9-,10?,11-,12+,13-,16-/m1/s1. The summed E-state index contributed by atoms with van der Waals surface area (Å²) in [6.45, 7) is -0.802. The highest BCUT2D eigenvalue weighted by Gasteiger charge is 2.49. The Morgan fingerprint density at radius 1 is 1.19 bits per heavy atom. The Kier molecular flexibility index (Phi) is 6.49. The highest BCUT2D eigenvalue weighted by molar-refractivity contribution is 5.91. The molecule has 0 radical (unpaired) electrons. The van der Waals surface area contributed by atoms with E-state index in [1.165, 1.54) is 12.1 Å². The molecule has 2 aliphatic rings. The monoisotopic (exact) mass is 460 g/mol. The van der Waals surface area contributed by atoms with Crippen molar-refractivity contribution in [2.75, 3.05) is 6.61 Å². The number of aliphatic hydroxyl groups excluding tert-OH is 4. The highest BCUT2D eigenvalue weighted by atomic mass is 19.3. The summed E-state index contributed by atoms with van der Waals surface area (Å²) in [6.07, 6.45) is -12.7. The molecular formula is C18H18F2N2O10. The number of hydrogen-bond donors (Lipinski definition) is 6. The Balaban J connectivity index is 1.97. The molecule has 3 rings (SSSR count). The number of para-hydroxylation sites is 1. The number of nitrogens with zero attached hydrogens (tertiary/aromatic N) is 1. The van der Waals surface area contributed by atoms with E-state index in [1.807, 2.05) is 0 Å². The molecule has 1 fully saturated rings. The van der Waals surface area contributed by atoms with Crippen LogP contribution >= 0.6 is 0 Å². The SMILES string of the molecule is N#CC(C(=O)O)C(C(=O)N[C@@H]1O[C@H](CO)[C@@H](O)[C@H](O)[C@H]1O)c1cccc2c1OC(F)(F)O2. The minimum Gasteiger partial charge on any atom is -0.480 e. The van der Waals surface area contributed by atoms with Crippen LogP contribution in [0.15, 0.2) is 18.2 Å². The number of hydrogen-bond acceptors (Lipinski definition) is 10. The molecule has 7 atom stereocenters. The maximum Gasteiger partial charge on any atom is 0.586 e. The molecule has 32 heavy (non-hydrogen) atoms. The summed E-state index contributed by atoms with van der Waals surface area (Å²) < 4.78 is 40.9. The summed E-state index contributed by atoms with van der Waals surface area (Å²) in [5.74, 6) is -8.23. The Bertz CT molecular complexity index is 937. The van der Waals surface area contributed by atoms with E-state index in [0.29, 0.717) is 0 Å². The smallest absolute Gasteiger partial charge is 0.480 e. The van der Waals surface area contributed by atoms with E-state index in [0.717, 1.165) is 12.1 Å². The molecule has 174 valence electrons. The number of carbonyl (C=O) groups is 2. The first-order chi connectivity index (χ1) is 15.0. The first-order valence-electron chi connectivity index (χ1n) is 9.12. The van der Waals surface area contributed by atoms with Gasteiger partial charge in [0.15, 0.2) is 23.6 Å². The van der Waals surface area contributed by atoms with E-state index in [-0.39, 0.29) is 0 Å². The van der Waals surface area contributed by atoms with Crippen molar-refractivity contribution in [2.45, 2.75) is 42.9 Å². The molecule has 1 aromatic rings. The lowest BCUT2D eigenvalue weighted by atomic mass is 9.85. The minimum atomic E-state index is -4.10. The molecule has 1 amide bonds. The minimum absolute atomic E-state index is 0.421. The molecular weight excluding hydrogens is 442 g/mol. The van der Waals surface area contributed by atoms with Crippen molar-refractivity contribution >= 4 is 11.9 Å². The first-order valence-corrected chi connectivity index (χ1v) is 9.12. The van der Waals surface area contributed by atoms with Gasteiger partial charge in [0.2, 0.25) is 5.91 Å². The molecule has 0 saturated carbocycles. The lowest BCUT2D eigenvalue weighted by Gasteiger charge is -2.40. The molecule has 0 bridgehead atoms.